The second-order valence-electron chi connectivity index (χ2n) is 7.95. The summed E-state index contributed by atoms with van der Waals surface area (Å²) in [6, 6.07) is 11.0. The minimum absolute atomic E-state index is 0.114. The van der Waals surface area contributed by atoms with E-state index in [-0.39, 0.29) is 19.4 Å². The van der Waals surface area contributed by atoms with Gasteiger partial charge in [-0.3, -0.25) is 4.79 Å². The van der Waals surface area contributed by atoms with Crippen molar-refractivity contribution >= 4 is 28.7 Å². The summed E-state index contributed by atoms with van der Waals surface area (Å²) in [5, 5.41) is 15.6. The number of ether oxygens (including phenoxy) is 1. The van der Waals surface area contributed by atoms with E-state index >= 15 is 0 Å². The fourth-order valence-corrected chi connectivity index (χ4v) is 3.89. The number of hydrogen-bond acceptors (Lipinski definition) is 5. The Morgan fingerprint density at radius 2 is 1.90 bits per heavy atom. The summed E-state index contributed by atoms with van der Waals surface area (Å²) in [6.07, 6.45) is -5.11. The van der Waals surface area contributed by atoms with Gasteiger partial charge in [0.05, 0.1) is 11.6 Å². The maximum Gasteiger partial charge on any atom is 0.391 e. The number of anilines is 4. The Morgan fingerprint density at radius 1 is 1.16 bits per heavy atom. The van der Waals surface area contributed by atoms with E-state index in [4.69, 9.17) is 4.74 Å². The van der Waals surface area contributed by atoms with Crippen LogP contribution in [0.1, 0.15) is 18.4 Å². The van der Waals surface area contributed by atoms with E-state index in [2.05, 4.69) is 10.6 Å². The first kappa shape index (κ1) is 21.3. The maximum absolute atomic E-state index is 12.9. The van der Waals surface area contributed by atoms with Crippen molar-refractivity contribution in [3.63, 3.8) is 0 Å². The Hall–Kier alpha value is -2.94. The number of aliphatic hydroxyl groups excluding tert-OH is 1. The summed E-state index contributed by atoms with van der Waals surface area (Å²) in [7, 11) is 0. The molecule has 0 bridgehead atoms. The maximum atomic E-state index is 12.9. The second kappa shape index (κ2) is 8.30. The van der Waals surface area contributed by atoms with Crippen LogP contribution >= 0.6 is 0 Å². The molecule has 6 nitrogen and oxygen atoms in total. The molecular weight excluding hydrogens is 411 g/mol. The number of rotatable bonds is 3. The number of hydrogen-bond donors (Lipinski definition) is 3. The van der Waals surface area contributed by atoms with E-state index in [0.29, 0.717) is 24.5 Å². The Balaban J connectivity index is 1.44. The molecule has 2 heterocycles. The lowest BCUT2D eigenvalue weighted by Crippen LogP contribution is -2.39. The van der Waals surface area contributed by atoms with Gasteiger partial charge in [-0.2, -0.15) is 13.2 Å². The van der Waals surface area contributed by atoms with Crippen LogP contribution in [0.15, 0.2) is 36.4 Å². The Morgan fingerprint density at radius 3 is 2.58 bits per heavy atom. The van der Waals surface area contributed by atoms with Crippen molar-refractivity contribution in [2.45, 2.75) is 32.0 Å². The Labute approximate surface area is 178 Å². The number of piperidine rings is 1. The zero-order valence-electron chi connectivity index (χ0n) is 17.0. The van der Waals surface area contributed by atoms with Crippen molar-refractivity contribution in [3.8, 4) is 5.75 Å². The highest BCUT2D eigenvalue weighted by molar-refractivity contribution is 5.96. The average molecular weight is 435 g/mol. The number of fused-ring (bicyclic) bond motifs is 1. The molecule has 2 aliphatic rings. The zero-order chi connectivity index (χ0) is 22.2. The predicted octanol–water partition coefficient (Wildman–Crippen LogP) is 4.21. The quantitative estimate of drug-likeness (QED) is 0.674. The minimum Gasteiger partial charge on any atom is -0.488 e. The molecule has 0 aromatic heterocycles. The molecule has 2 aromatic carbocycles. The Bertz CT molecular complexity index is 972. The number of alkyl halides is 3. The van der Waals surface area contributed by atoms with Gasteiger partial charge in [-0.15, -0.1) is 0 Å². The lowest BCUT2D eigenvalue weighted by Gasteiger charge is -2.34. The van der Waals surface area contributed by atoms with E-state index in [1.165, 1.54) is 0 Å². The van der Waals surface area contributed by atoms with Crippen molar-refractivity contribution in [2.24, 2.45) is 5.92 Å². The van der Waals surface area contributed by atoms with Gasteiger partial charge in [0.2, 0.25) is 0 Å². The molecule has 0 aliphatic carbocycles. The van der Waals surface area contributed by atoms with Gasteiger partial charge in [0.1, 0.15) is 12.4 Å². The van der Waals surface area contributed by atoms with Crippen LogP contribution in [-0.4, -0.2) is 43.0 Å². The first-order valence-electron chi connectivity index (χ1n) is 10.2. The molecule has 0 spiro atoms. The molecule has 4 rings (SSSR count). The van der Waals surface area contributed by atoms with Crippen LogP contribution in [0.5, 0.6) is 5.75 Å². The van der Waals surface area contributed by atoms with Gasteiger partial charge in [-0.1, -0.05) is 0 Å². The number of nitrogens with zero attached hydrogens (tertiary/aromatic N) is 1. The fraction of sp³-hybridized carbons (Fsp3) is 0.409. The molecule has 31 heavy (non-hydrogen) atoms. The summed E-state index contributed by atoms with van der Waals surface area (Å²) in [5.41, 5.74) is 3.94. The summed E-state index contributed by atoms with van der Waals surface area (Å²) < 4.78 is 44.2. The van der Waals surface area contributed by atoms with E-state index in [0.717, 1.165) is 22.6 Å². The molecular formula is C22H24F3N3O3. The van der Waals surface area contributed by atoms with Gasteiger partial charge in [-0.25, -0.2) is 0 Å². The minimum atomic E-state index is -4.12. The largest absolute Gasteiger partial charge is 0.488 e. The zero-order valence-corrected chi connectivity index (χ0v) is 17.0. The molecule has 9 heteroatoms. The highest BCUT2D eigenvalue weighted by Gasteiger charge is 2.41. The van der Waals surface area contributed by atoms with Gasteiger partial charge in [0, 0.05) is 36.2 Å². The van der Waals surface area contributed by atoms with E-state index in [1.807, 2.05) is 30.0 Å². The highest BCUT2D eigenvalue weighted by Crippen LogP contribution is 2.37. The standard InChI is InChI=1S/C22H24F3N3O3/c1-13-10-16(28-8-6-14(7-9-28)22(23,24)25)3-5-17(13)26-15-2-4-18-20(11-15)31-12-19(29)21(30)27-18/h2-5,10-11,14,19,26,29H,6-9,12H2,1H3,(H,27,30). The third-order valence-corrected chi connectivity index (χ3v) is 5.75. The second-order valence-corrected chi connectivity index (χ2v) is 7.95. The number of carbonyl (C=O) groups excluding carboxylic acids is 1. The molecule has 0 saturated carbocycles. The average Bonchev–Trinajstić information content (AvgIpc) is 2.87. The molecule has 2 aliphatic heterocycles. The Kier molecular flexibility index (Phi) is 5.70. The first-order valence-corrected chi connectivity index (χ1v) is 10.2. The highest BCUT2D eigenvalue weighted by atomic mass is 19.4. The van der Waals surface area contributed by atoms with Crippen LogP contribution < -0.4 is 20.3 Å². The number of carbonyl (C=O) groups is 1. The van der Waals surface area contributed by atoms with Gasteiger partial charge in [-0.05, 0) is 55.7 Å². The molecule has 166 valence electrons. The number of amides is 1. The summed E-state index contributed by atoms with van der Waals surface area (Å²) in [4.78, 5) is 13.7. The molecule has 3 N–H and O–H groups in total. The number of benzene rings is 2. The van der Waals surface area contributed by atoms with Gasteiger partial charge >= 0.3 is 6.18 Å². The molecule has 1 saturated heterocycles. The van der Waals surface area contributed by atoms with Crippen LogP contribution in [0.4, 0.5) is 35.9 Å². The van der Waals surface area contributed by atoms with E-state index in [1.54, 1.807) is 18.2 Å². The summed E-state index contributed by atoms with van der Waals surface area (Å²) in [5.74, 6) is -1.27. The van der Waals surface area contributed by atoms with E-state index in [9.17, 15) is 23.1 Å². The summed E-state index contributed by atoms with van der Waals surface area (Å²) in [6.45, 7) is 2.58. The lowest BCUT2D eigenvalue weighted by molar-refractivity contribution is -0.179. The number of aliphatic hydroxyl groups is 1. The molecule has 1 amide bonds. The van der Waals surface area contributed by atoms with Gasteiger partial charge in [0.15, 0.2) is 6.10 Å². The molecule has 1 atom stereocenters. The number of nitrogens with one attached hydrogen (secondary N) is 2. The molecule has 1 unspecified atom stereocenters. The van der Waals surface area contributed by atoms with Crippen molar-refractivity contribution < 1.29 is 27.8 Å². The van der Waals surface area contributed by atoms with Crippen LogP contribution in [0, 0.1) is 12.8 Å². The summed E-state index contributed by atoms with van der Waals surface area (Å²) >= 11 is 0. The van der Waals surface area contributed by atoms with Crippen LogP contribution in [0.25, 0.3) is 0 Å². The van der Waals surface area contributed by atoms with Crippen molar-refractivity contribution in [2.75, 3.05) is 35.2 Å². The number of halogens is 3. The topological polar surface area (TPSA) is 73.8 Å². The van der Waals surface area contributed by atoms with Crippen LogP contribution in [0.2, 0.25) is 0 Å². The van der Waals surface area contributed by atoms with Gasteiger partial charge < -0.3 is 25.4 Å². The fourth-order valence-electron chi connectivity index (χ4n) is 3.89. The predicted molar refractivity (Wildman–Crippen MR) is 112 cm³/mol. The number of aryl methyl sites for hydroxylation is 1. The van der Waals surface area contributed by atoms with E-state index < -0.39 is 24.1 Å². The third kappa shape index (κ3) is 4.71. The third-order valence-electron chi connectivity index (χ3n) is 5.75. The molecule has 1 fully saturated rings. The smallest absolute Gasteiger partial charge is 0.391 e. The molecule has 2 aromatic rings. The van der Waals surface area contributed by atoms with Crippen molar-refractivity contribution in [3.05, 3.63) is 42.0 Å². The van der Waals surface area contributed by atoms with Crippen molar-refractivity contribution in [1.29, 1.82) is 0 Å². The molecule has 0 radical (unpaired) electrons. The van der Waals surface area contributed by atoms with Gasteiger partial charge in [0.25, 0.3) is 5.91 Å². The van der Waals surface area contributed by atoms with Crippen molar-refractivity contribution in [1.82, 2.24) is 0 Å². The SMILES string of the molecule is Cc1cc(N2CCC(C(F)(F)F)CC2)ccc1Nc1ccc2c(c1)OCC(O)C(=O)N2. The lowest BCUT2D eigenvalue weighted by atomic mass is 9.96. The van der Waals surface area contributed by atoms with Crippen LogP contribution in [0.3, 0.4) is 0 Å². The normalized spacial score (nSPS) is 19.8. The van der Waals surface area contributed by atoms with Crippen LogP contribution in [-0.2, 0) is 4.79 Å². The first-order chi connectivity index (χ1) is 14.7. The monoisotopic (exact) mass is 435 g/mol.